The zero-order chi connectivity index (χ0) is 18.1. The largest absolute Gasteiger partial charge is 0.457 e. The van der Waals surface area contributed by atoms with Crippen LogP contribution in [0.3, 0.4) is 0 Å². The molecule has 0 aromatic rings. The smallest absolute Gasteiger partial charge is 0.338 e. The van der Waals surface area contributed by atoms with Gasteiger partial charge in [-0.25, -0.2) is 9.18 Å². The van der Waals surface area contributed by atoms with Crippen LogP contribution < -0.4 is 0 Å². The van der Waals surface area contributed by atoms with Crippen LogP contribution in [0.1, 0.15) is 32.1 Å². The highest BCUT2D eigenvalue weighted by Crippen LogP contribution is 2.63. The molecule has 5 fully saturated rings. The molecule has 0 aromatic heterocycles. The van der Waals surface area contributed by atoms with Gasteiger partial charge < -0.3 is 14.2 Å². The lowest BCUT2D eigenvalue weighted by Gasteiger charge is -2.62. The molecule has 0 amide bonds. The predicted octanol–water partition coefficient (Wildman–Crippen LogP) is 3.09. The molecule has 1 spiro atoms. The van der Waals surface area contributed by atoms with Crippen molar-refractivity contribution in [1.82, 2.24) is 0 Å². The predicted molar refractivity (Wildman–Crippen MR) is 72.9 cm³/mol. The number of alkyl halides is 5. The van der Waals surface area contributed by atoms with Crippen molar-refractivity contribution in [2.24, 2.45) is 17.8 Å². The molecule has 4 nitrogen and oxygen atoms in total. The Kier molecular flexibility index (Phi) is 3.69. The monoisotopic (exact) mass is 370 g/mol. The van der Waals surface area contributed by atoms with E-state index in [1.54, 1.807) is 0 Å². The van der Waals surface area contributed by atoms with E-state index in [2.05, 4.69) is 0 Å². The van der Waals surface area contributed by atoms with Crippen LogP contribution in [0, 0.1) is 17.8 Å². The summed E-state index contributed by atoms with van der Waals surface area (Å²) in [6.07, 6.45) is 2.23. The Bertz CT molecular complexity index is 545. The molecule has 4 bridgehead atoms. The van der Waals surface area contributed by atoms with Gasteiger partial charge in [-0.1, -0.05) is 0 Å². The van der Waals surface area contributed by atoms with Gasteiger partial charge in [0.05, 0.1) is 0 Å². The molecule has 0 aromatic carbocycles. The lowest BCUT2D eigenvalue weighted by molar-refractivity contribution is -0.354. The molecule has 2 atom stereocenters. The Morgan fingerprint density at radius 1 is 0.960 bits per heavy atom. The third-order valence-electron chi connectivity index (χ3n) is 6.20. The van der Waals surface area contributed by atoms with Crippen molar-refractivity contribution in [2.45, 2.75) is 55.3 Å². The number of hydrogen-bond donors (Lipinski definition) is 0. The van der Waals surface area contributed by atoms with E-state index in [-0.39, 0.29) is 18.8 Å². The summed E-state index contributed by atoms with van der Waals surface area (Å²) in [6, 6.07) is 0. The first-order valence-corrected chi connectivity index (χ1v) is 8.43. The van der Waals surface area contributed by atoms with Crippen molar-refractivity contribution in [3.63, 3.8) is 0 Å². The van der Waals surface area contributed by atoms with E-state index < -0.39 is 60.9 Å². The highest BCUT2D eigenvalue weighted by atomic mass is 19.3. The number of carbonyl (C=O) groups is 1. The second kappa shape index (κ2) is 5.28. The van der Waals surface area contributed by atoms with Gasteiger partial charge in [-0.3, -0.25) is 0 Å². The molecule has 9 heteroatoms. The molecule has 142 valence electrons. The van der Waals surface area contributed by atoms with E-state index in [0.717, 1.165) is 0 Å². The van der Waals surface area contributed by atoms with Crippen molar-refractivity contribution in [2.75, 3.05) is 19.9 Å². The van der Waals surface area contributed by atoms with Crippen LogP contribution in [-0.4, -0.2) is 49.1 Å². The summed E-state index contributed by atoms with van der Waals surface area (Å²) in [4.78, 5) is 11.4. The van der Waals surface area contributed by atoms with Crippen LogP contribution in [0.25, 0.3) is 0 Å². The third-order valence-corrected chi connectivity index (χ3v) is 6.20. The van der Waals surface area contributed by atoms with Crippen molar-refractivity contribution in [3.8, 4) is 0 Å². The molecule has 5 rings (SSSR count). The lowest BCUT2D eigenvalue weighted by atomic mass is 9.51. The van der Waals surface area contributed by atoms with Crippen LogP contribution >= 0.6 is 0 Å². The van der Waals surface area contributed by atoms with E-state index in [1.807, 2.05) is 0 Å². The zero-order valence-electron chi connectivity index (χ0n) is 13.4. The topological polar surface area (TPSA) is 44.8 Å². The Morgan fingerprint density at radius 3 is 1.96 bits per heavy atom. The number of rotatable bonds is 2. The summed E-state index contributed by atoms with van der Waals surface area (Å²) in [6.45, 7) is -4.05. The fourth-order valence-corrected chi connectivity index (χ4v) is 5.38. The quantitative estimate of drug-likeness (QED) is 0.554. The van der Waals surface area contributed by atoms with Crippen molar-refractivity contribution in [1.29, 1.82) is 0 Å². The van der Waals surface area contributed by atoms with Gasteiger partial charge in [0.2, 0.25) is 0 Å². The summed E-state index contributed by atoms with van der Waals surface area (Å²) in [7, 11) is 0. The molecule has 0 radical (unpaired) electrons. The van der Waals surface area contributed by atoms with Crippen molar-refractivity contribution < 1.29 is 41.0 Å². The number of carbonyl (C=O) groups excluding carboxylic acids is 1. The second-order valence-corrected chi connectivity index (χ2v) is 7.84. The maximum atomic E-state index is 13.7. The van der Waals surface area contributed by atoms with Gasteiger partial charge in [0.1, 0.15) is 18.8 Å². The van der Waals surface area contributed by atoms with Gasteiger partial charge in [0, 0.05) is 11.8 Å². The Labute approximate surface area is 141 Å². The van der Waals surface area contributed by atoms with E-state index >= 15 is 0 Å². The van der Waals surface area contributed by atoms with Crippen molar-refractivity contribution in [3.05, 3.63) is 0 Å². The van der Waals surface area contributed by atoms with Crippen LogP contribution in [0.4, 0.5) is 22.0 Å². The average Bonchev–Trinajstić information content (AvgIpc) is 2.61. The van der Waals surface area contributed by atoms with Crippen LogP contribution in [-0.2, 0) is 19.0 Å². The third kappa shape index (κ3) is 2.49. The van der Waals surface area contributed by atoms with E-state index in [0.29, 0.717) is 19.3 Å². The number of halogens is 5. The summed E-state index contributed by atoms with van der Waals surface area (Å²) in [5, 5.41) is 0. The van der Waals surface area contributed by atoms with Gasteiger partial charge >= 0.3 is 17.8 Å². The minimum absolute atomic E-state index is 0.159. The molecular weight excluding hydrogens is 351 g/mol. The molecule has 1 saturated heterocycles. The van der Waals surface area contributed by atoms with Gasteiger partial charge in [0.25, 0.3) is 0 Å². The van der Waals surface area contributed by atoms with Gasteiger partial charge in [-0.15, -0.1) is 0 Å². The molecule has 0 N–H and O–H groups in total. The van der Waals surface area contributed by atoms with Gasteiger partial charge in [-0.05, 0) is 38.0 Å². The second-order valence-electron chi connectivity index (χ2n) is 7.84. The van der Waals surface area contributed by atoms with E-state index in [4.69, 9.17) is 14.2 Å². The molecule has 1 aliphatic heterocycles. The molecule has 4 aliphatic carbocycles. The van der Waals surface area contributed by atoms with E-state index in [9.17, 15) is 26.7 Å². The number of hydrogen-bond acceptors (Lipinski definition) is 4. The molecular formula is C16H19F5O4. The minimum Gasteiger partial charge on any atom is -0.457 e. The molecule has 2 unspecified atom stereocenters. The fraction of sp³-hybridized carbons (Fsp3) is 0.938. The zero-order valence-corrected chi connectivity index (χ0v) is 13.4. The van der Waals surface area contributed by atoms with E-state index in [1.165, 1.54) is 0 Å². The Hall–Kier alpha value is -0.960. The maximum absolute atomic E-state index is 13.7. The molecule has 5 aliphatic rings. The maximum Gasteiger partial charge on any atom is 0.338 e. The van der Waals surface area contributed by atoms with Crippen LogP contribution in [0.2, 0.25) is 0 Å². The fourth-order valence-electron chi connectivity index (χ4n) is 5.38. The standard InChI is InChI=1S/C16H19F5O4/c17-6-12(22)25-13-3-9-1-10(4-13)16(11(2-9)5-13)23-7-14(18,19)15(20,21)8-24-16/h9-11H,1-8H2. The van der Waals surface area contributed by atoms with Gasteiger partial charge in [-0.2, -0.15) is 17.6 Å². The molecule has 1 heterocycles. The number of esters is 1. The molecule has 25 heavy (non-hydrogen) atoms. The first kappa shape index (κ1) is 17.5. The van der Waals surface area contributed by atoms with Crippen LogP contribution in [0.15, 0.2) is 0 Å². The summed E-state index contributed by atoms with van der Waals surface area (Å²) >= 11 is 0. The van der Waals surface area contributed by atoms with Gasteiger partial charge in [0.15, 0.2) is 12.5 Å². The normalized spacial score (nSPS) is 43.0. The summed E-state index contributed by atoms with van der Waals surface area (Å²) in [5.41, 5.74) is -0.866. The number of ether oxygens (including phenoxy) is 3. The highest BCUT2D eigenvalue weighted by Gasteiger charge is 2.69. The Balaban J connectivity index is 1.61. The Morgan fingerprint density at radius 2 is 1.48 bits per heavy atom. The summed E-state index contributed by atoms with van der Waals surface area (Å²) in [5.74, 6) is -11.8. The highest BCUT2D eigenvalue weighted by molar-refractivity contribution is 5.71. The first-order chi connectivity index (χ1) is 11.6. The lowest BCUT2D eigenvalue weighted by Crippen LogP contribution is -2.66. The summed E-state index contributed by atoms with van der Waals surface area (Å²) < 4.78 is 83.2. The average molecular weight is 370 g/mol. The minimum atomic E-state index is -4.30. The van der Waals surface area contributed by atoms with Crippen molar-refractivity contribution >= 4 is 5.97 Å². The SMILES string of the molecule is O=C(CF)OC12CC3CC(C1)C1(OCC(F)(F)C(F)(F)CO1)C(C3)C2. The van der Waals surface area contributed by atoms with Crippen LogP contribution in [0.5, 0.6) is 0 Å². The molecule has 4 saturated carbocycles. The first-order valence-electron chi connectivity index (χ1n) is 8.43.